The Bertz CT molecular complexity index is 927. The van der Waals surface area contributed by atoms with Gasteiger partial charge in [0.25, 0.3) is 5.69 Å². The highest BCUT2D eigenvalue weighted by Gasteiger charge is 2.66. The van der Waals surface area contributed by atoms with Crippen molar-refractivity contribution in [3.8, 4) is 5.75 Å². The molecule has 2 heterocycles. The van der Waals surface area contributed by atoms with Crippen LogP contribution in [0, 0.1) is 16.0 Å². The summed E-state index contributed by atoms with van der Waals surface area (Å²) in [6.45, 7) is 5.26. The number of nitro groups is 1. The lowest BCUT2D eigenvalue weighted by Crippen LogP contribution is -2.67. The number of benzene rings is 2. The van der Waals surface area contributed by atoms with Crippen molar-refractivity contribution in [2.45, 2.75) is 50.8 Å². The maximum absolute atomic E-state index is 11.2. The molecule has 0 amide bonds. The largest absolute Gasteiger partial charge is 0.466 e. The SMILES string of the molecule is CC1CCCC2(C)c3ccccc3N3Cc4cc([N+](=O)[O-])ccc4OC132. The Morgan fingerprint density at radius 3 is 2.88 bits per heavy atom. The monoisotopic (exact) mass is 350 g/mol. The molecule has 5 nitrogen and oxygen atoms in total. The van der Waals surface area contributed by atoms with Gasteiger partial charge in [-0.2, -0.15) is 0 Å². The summed E-state index contributed by atoms with van der Waals surface area (Å²) in [4.78, 5) is 13.2. The number of para-hydroxylation sites is 1. The first-order chi connectivity index (χ1) is 12.5. The van der Waals surface area contributed by atoms with Crippen molar-refractivity contribution in [2.24, 2.45) is 5.92 Å². The molecule has 5 heteroatoms. The maximum Gasteiger partial charge on any atom is 0.270 e. The van der Waals surface area contributed by atoms with Crippen LogP contribution in [0.2, 0.25) is 0 Å². The van der Waals surface area contributed by atoms with E-state index >= 15 is 0 Å². The zero-order valence-corrected chi connectivity index (χ0v) is 15.1. The topological polar surface area (TPSA) is 55.6 Å². The van der Waals surface area contributed by atoms with Gasteiger partial charge in [-0.25, -0.2) is 0 Å². The van der Waals surface area contributed by atoms with Gasteiger partial charge in [-0.15, -0.1) is 0 Å². The summed E-state index contributed by atoms with van der Waals surface area (Å²) < 4.78 is 6.78. The number of hydrogen-bond donors (Lipinski definition) is 0. The first kappa shape index (κ1) is 15.7. The fourth-order valence-electron chi connectivity index (χ4n) is 5.64. The molecule has 3 atom stereocenters. The van der Waals surface area contributed by atoms with Crippen LogP contribution in [0.4, 0.5) is 11.4 Å². The molecule has 3 unspecified atom stereocenters. The molecule has 134 valence electrons. The van der Waals surface area contributed by atoms with Gasteiger partial charge in [-0.1, -0.05) is 31.5 Å². The number of nitro benzene ring substituents is 1. The van der Waals surface area contributed by atoms with Gasteiger partial charge in [0.1, 0.15) is 5.75 Å². The number of rotatable bonds is 1. The predicted molar refractivity (Wildman–Crippen MR) is 99.4 cm³/mol. The molecule has 0 radical (unpaired) electrons. The standard InChI is InChI=1S/C21H22N2O3/c1-14-6-5-11-20(2)17-7-3-4-8-18(17)22-13-15-12-16(23(24)25)9-10-19(15)26-21(14,20)22/h3-4,7-10,12,14H,5-6,11,13H2,1-2H3. The van der Waals surface area contributed by atoms with Crippen LogP contribution in [0.1, 0.15) is 44.2 Å². The second-order valence-corrected chi connectivity index (χ2v) is 8.08. The lowest BCUT2D eigenvalue weighted by molar-refractivity contribution is -0.385. The molecule has 3 aliphatic rings. The highest BCUT2D eigenvalue weighted by Crippen LogP contribution is 2.62. The van der Waals surface area contributed by atoms with Gasteiger partial charge in [-0.3, -0.25) is 10.1 Å². The maximum atomic E-state index is 11.2. The molecule has 0 N–H and O–H groups in total. The third kappa shape index (κ3) is 1.71. The summed E-state index contributed by atoms with van der Waals surface area (Å²) in [7, 11) is 0. The van der Waals surface area contributed by atoms with Crippen LogP contribution in [0.25, 0.3) is 0 Å². The third-order valence-electron chi connectivity index (χ3n) is 6.81. The van der Waals surface area contributed by atoms with Crippen LogP contribution >= 0.6 is 0 Å². The fourth-order valence-corrected chi connectivity index (χ4v) is 5.64. The Balaban J connectivity index is 1.73. The lowest BCUT2D eigenvalue weighted by atomic mass is 9.62. The van der Waals surface area contributed by atoms with E-state index in [1.165, 1.54) is 17.7 Å². The van der Waals surface area contributed by atoms with Crippen LogP contribution in [0.15, 0.2) is 42.5 Å². The molecular formula is C21H22N2O3. The summed E-state index contributed by atoms with van der Waals surface area (Å²) >= 11 is 0. The number of anilines is 1. The number of hydrogen-bond acceptors (Lipinski definition) is 4. The van der Waals surface area contributed by atoms with Crippen molar-refractivity contribution >= 4 is 11.4 Å². The minimum atomic E-state index is -0.419. The highest BCUT2D eigenvalue weighted by molar-refractivity contribution is 5.69. The second-order valence-electron chi connectivity index (χ2n) is 8.08. The van der Waals surface area contributed by atoms with E-state index < -0.39 is 5.72 Å². The molecule has 5 rings (SSSR count). The molecular weight excluding hydrogens is 328 g/mol. The predicted octanol–water partition coefficient (Wildman–Crippen LogP) is 4.78. The van der Waals surface area contributed by atoms with Gasteiger partial charge in [0.2, 0.25) is 0 Å². The van der Waals surface area contributed by atoms with E-state index in [9.17, 15) is 10.1 Å². The third-order valence-corrected chi connectivity index (χ3v) is 6.81. The Labute approximate surface area is 152 Å². The van der Waals surface area contributed by atoms with E-state index in [2.05, 4.69) is 43.0 Å². The average Bonchev–Trinajstić information content (AvgIpc) is 2.87. The number of fused-ring (bicyclic) bond motifs is 4. The normalized spacial score (nSPS) is 31.3. The minimum absolute atomic E-state index is 0.0826. The molecule has 1 saturated carbocycles. The quantitative estimate of drug-likeness (QED) is 0.548. The van der Waals surface area contributed by atoms with E-state index in [1.54, 1.807) is 18.2 Å². The molecule has 1 spiro atoms. The number of nitrogens with zero attached hydrogens (tertiary/aromatic N) is 2. The fraction of sp³-hybridized carbons (Fsp3) is 0.429. The second kappa shape index (κ2) is 5.00. The molecule has 0 saturated heterocycles. The summed E-state index contributed by atoms with van der Waals surface area (Å²) in [5.41, 5.74) is 3.06. The van der Waals surface area contributed by atoms with Crippen LogP contribution in [0.3, 0.4) is 0 Å². The summed E-state index contributed by atoms with van der Waals surface area (Å²) in [6.07, 6.45) is 3.41. The summed E-state index contributed by atoms with van der Waals surface area (Å²) in [5, 5.41) is 11.2. The zero-order valence-electron chi connectivity index (χ0n) is 15.1. The first-order valence-corrected chi connectivity index (χ1v) is 9.31. The van der Waals surface area contributed by atoms with Crippen molar-refractivity contribution in [2.75, 3.05) is 4.90 Å². The van der Waals surface area contributed by atoms with Crippen molar-refractivity contribution < 1.29 is 9.66 Å². The highest BCUT2D eigenvalue weighted by atomic mass is 16.6. The molecule has 26 heavy (non-hydrogen) atoms. The van der Waals surface area contributed by atoms with Crippen LogP contribution in [-0.4, -0.2) is 10.6 Å². The van der Waals surface area contributed by atoms with E-state index in [0.717, 1.165) is 24.2 Å². The number of non-ortho nitro benzene ring substituents is 1. The van der Waals surface area contributed by atoms with Crippen molar-refractivity contribution in [3.63, 3.8) is 0 Å². The van der Waals surface area contributed by atoms with Crippen LogP contribution in [-0.2, 0) is 12.0 Å². The molecule has 0 bridgehead atoms. The van der Waals surface area contributed by atoms with Crippen LogP contribution in [0.5, 0.6) is 5.75 Å². The number of ether oxygens (including phenoxy) is 1. The van der Waals surface area contributed by atoms with Crippen molar-refractivity contribution in [1.29, 1.82) is 0 Å². The van der Waals surface area contributed by atoms with Gasteiger partial charge < -0.3 is 9.64 Å². The van der Waals surface area contributed by atoms with Gasteiger partial charge in [-0.05, 0) is 37.5 Å². The van der Waals surface area contributed by atoms with E-state index in [1.807, 2.05) is 0 Å². The van der Waals surface area contributed by atoms with Crippen molar-refractivity contribution in [1.82, 2.24) is 0 Å². The van der Waals surface area contributed by atoms with Gasteiger partial charge in [0, 0.05) is 29.3 Å². The Morgan fingerprint density at radius 2 is 2.08 bits per heavy atom. The van der Waals surface area contributed by atoms with Gasteiger partial charge in [0.15, 0.2) is 5.72 Å². The van der Waals surface area contributed by atoms with E-state index in [-0.39, 0.29) is 16.0 Å². The molecule has 2 aromatic rings. The summed E-state index contributed by atoms with van der Waals surface area (Å²) in [6, 6.07) is 13.6. The molecule has 2 aliphatic heterocycles. The molecule has 2 aromatic carbocycles. The first-order valence-electron chi connectivity index (χ1n) is 9.31. The minimum Gasteiger partial charge on any atom is -0.466 e. The Kier molecular flexibility index (Phi) is 3.01. The van der Waals surface area contributed by atoms with Crippen molar-refractivity contribution in [3.05, 3.63) is 63.7 Å². The van der Waals surface area contributed by atoms with Gasteiger partial charge in [0.05, 0.1) is 16.9 Å². The Morgan fingerprint density at radius 1 is 1.27 bits per heavy atom. The van der Waals surface area contributed by atoms with E-state index in [4.69, 9.17) is 4.74 Å². The van der Waals surface area contributed by atoms with Crippen LogP contribution < -0.4 is 9.64 Å². The van der Waals surface area contributed by atoms with E-state index in [0.29, 0.717) is 12.5 Å². The average molecular weight is 350 g/mol. The molecule has 0 aromatic heterocycles. The smallest absolute Gasteiger partial charge is 0.270 e. The lowest BCUT2D eigenvalue weighted by Gasteiger charge is -2.57. The van der Waals surface area contributed by atoms with Gasteiger partial charge >= 0.3 is 0 Å². The zero-order chi connectivity index (χ0) is 18.1. The summed E-state index contributed by atoms with van der Waals surface area (Å²) in [5.74, 6) is 1.16. The molecule has 1 fully saturated rings. The Hall–Kier alpha value is -2.56. The molecule has 1 aliphatic carbocycles.